The van der Waals surface area contributed by atoms with Crippen LogP contribution in [0.3, 0.4) is 0 Å². The summed E-state index contributed by atoms with van der Waals surface area (Å²) in [6.45, 7) is 14.3. The summed E-state index contributed by atoms with van der Waals surface area (Å²) in [7, 11) is 1.70. The number of halogens is 1. The Kier molecular flexibility index (Phi) is 21.5. The van der Waals surface area contributed by atoms with Crippen LogP contribution in [0.4, 0.5) is 15.3 Å². The topological polar surface area (TPSA) is 209 Å². The number of ether oxygens (including phenoxy) is 1. The first-order chi connectivity index (χ1) is 27.3. The molecule has 0 aromatic heterocycles. The lowest BCUT2D eigenvalue weighted by Gasteiger charge is -2.31. The summed E-state index contributed by atoms with van der Waals surface area (Å²) in [4.78, 5) is 92.8. The second-order valence-electron chi connectivity index (χ2n) is 16.1. The minimum Gasteiger partial charge on any atom is -0.445 e. The largest absolute Gasteiger partial charge is 0.445 e. The van der Waals surface area contributed by atoms with E-state index in [0.29, 0.717) is 37.9 Å². The van der Waals surface area contributed by atoms with Crippen LogP contribution in [0.2, 0.25) is 0 Å². The van der Waals surface area contributed by atoms with E-state index in [1.165, 1.54) is 4.90 Å². The molecule has 6 N–H and O–H groups in total. The van der Waals surface area contributed by atoms with Gasteiger partial charge in [0.05, 0.1) is 5.92 Å². The van der Waals surface area contributed by atoms with E-state index in [4.69, 9.17) is 10.5 Å². The molecule has 1 aliphatic heterocycles. The Balaban J connectivity index is 1.95. The van der Waals surface area contributed by atoms with Crippen molar-refractivity contribution in [2.45, 2.75) is 147 Å². The molecule has 0 spiro atoms. The molecule has 8 amide bonds. The minimum atomic E-state index is -1.00. The third kappa shape index (κ3) is 16.0. The molecular weight excluding hydrogens is 857 g/mol. The first-order valence-electron chi connectivity index (χ1n) is 20.8. The number of benzene rings is 1. The molecule has 0 saturated carbocycles. The molecule has 5 atom stereocenters. The van der Waals surface area contributed by atoms with Gasteiger partial charge in [-0.2, -0.15) is 0 Å². The molecule has 1 heterocycles. The number of nitrogens with one attached hydrogen (secondary N) is 4. The average molecular weight is 926 g/mol. The molecule has 1 aromatic rings. The van der Waals surface area contributed by atoms with Gasteiger partial charge in [-0.05, 0) is 75.0 Å². The molecule has 1 aliphatic rings. The van der Waals surface area contributed by atoms with Gasteiger partial charge in [0.15, 0.2) is 0 Å². The summed E-state index contributed by atoms with van der Waals surface area (Å²) in [5.41, 5.74) is 6.37. The number of imide groups is 1. The fourth-order valence-corrected chi connectivity index (χ4v) is 7.59. The minimum absolute atomic E-state index is 0.00734. The normalized spacial score (nSPS) is 16.7. The number of amides is 8. The molecule has 1 saturated heterocycles. The molecular formula is C42H68IN7O8. The van der Waals surface area contributed by atoms with Gasteiger partial charge < -0.3 is 36.6 Å². The second kappa shape index (κ2) is 24.8. The van der Waals surface area contributed by atoms with Gasteiger partial charge in [0, 0.05) is 48.1 Å². The Morgan fingerprint density at radius 1 is 0.931 bits per heavy atom. The maximum atomic E-state index is 13.6. The summed E-state index contributed by atoms with van der Waals surface area (Å²) in [6.07, 6.45) is 5.94. The zero-order chi connectivity index (χ0) is 43.6. The fourth-order valence-electron chi connectivity index (χ4n) is 6.73. The number of nitrogens with zero attached hydrogens (tertiary/aromatic N) is 2. The number of primary amides is 1. The van der Waals surface area contributed by atoms with Crippen LogP contribution in [0.15, 0.2) is 24.3 Å². The molecule has 0 aliphatic carbocycles. The summed E-state index contributed by atoms with van der Waals surface area (Å²) in [5, 5.41) is 10.9. The van der Waals surface area contributed by atoms with Gasteiger partial charge in [0.2, 0.25) is 29.5 Å². The van der Waals surface area contributed by atoms with Crippen molar-refractivity contribution >= 4 is 69.9 Å². The number of urea groups is 1. The van der Waals surface area contributed by atoms with Gasteiger partial charge in [-0.25, -0.2) is 9.59 Å². The van der Waals surface area contributed by atoms with Crippen molar-refractivity contribution in [2.24, 2.45) is 23.5 Å². The SMILES string of the molecule is CCCCC(I)(CC)C1CC(=O)N(CCCCCC(=O)NC(C(=O)N[C@@H](CCCNC(N)=O)C(=O)Nc2ccc(COC(=O)N(C)[C@H](C)C(C)C)cc2)C(C)C)C1=O. The Bertz CT molecular complexity index is 1540. The standard InChI is InChI=1S/C42H68IN7O8/c1-9-11-22-42(43,10-2)32-25-35(52)50(39(32)55)24-14-12-13-17-34(51)48-36(28(5)6)38(54)47-33(16-15-23-45-40(44)56)37(53)46-31-20-18-30(19-21-31)26-58-41(57)49(8)29(7)27(3)4/h18-21,27-29,32-33,36H,9-17,22-26H2,1-8H3,(H,46,53)(H,47,54)(H,48,51)(H3,44,45,56)/t29-,32?,33+,36?,42?/m1/s1. The van der Waals surface area contributed by atoms with Crippen molar-refractivity contribution in [1.29, 1.82) is 0 Å². The number of likely N-dealkylation sites (tertiary alicyclic amines) is 1. The Morgan fingerprint density at radius 2 is 1.60 bits per heavy atom. The molecule has 3 unspecified atom stereocenters. The lowest BCUT2D eigenvalue weighted by molar-refractivity contribution is -0.139. The average Bonchev–Trinajstić information content (AvgIpc) is 3.47. The van der Waals surface area contributed by atoms with E-state index >= 15 is 0 Å². The predicted octanol–water partition coefficient (Wildman–Crippen LogP) is 6.02. The van der Waals surface area contributed by atoms with E-state index in [2.05, 4.69) is 57.7 Å². The van der Waals surface area contributed by atoms with Gasteiger partial charge in [0.25, 0.3) is 0 Å². The number of carbonyl (C=O) groups excluding carboxylic acids is 7. The molecule has 0 bridgehead atoms. The number of hydrogen-bond acceptors (Lipinski definition) is 8. The van der Waals surface area contributed by atoms with Crippen LogP contribution in [-0.4, -0.2) is 93.1 Å². The number of alkyl halides is 1. The first kappa shape index (κ1) is 50.2. The van der Waals surface area contributed by atoms with Crippen LogP contribution < -0.4 is 27.0 Å². The van der Waals surface area contributed by atoms with E-state index in [1.54, 1.807) is 50.1 Å². The van der Waals surface area contributed by atoms with Gasteiger partial charge in [-0.3, -0.25) is 28.9 Å². The number of hydrogen-bond donors (Lipinski definition) is 5. The second-order valence-corrected chi connectivity index (χ2v) is 18.2. The predicted molar refractivity (Wildman–Crippen MR) is 233 cm³/mol. The van der Waals surface area contributed by atoms with Crippen LogP contribution >= 0.6 is 22.6 Å². The molecule has 2 rings (SSSR count). The van der Waals surface area contributed by atoms with Gasteiger partial charge >= 0.3 is 12.1 Å². The van der Waals surface area contributed by atoms with Gasteiger partial charge in [0.1, 0.15) is 18.7 Å². The molecule has 58 heavy (non-hydrogen) atoms. The van der Waals surface area contributed by atoms with Gasteiger partial charge in [-0.15, -0.1) is 0 Å². The van der Waals surface area contributed by atoms with Crippen molar-refractivity contribution < 1.29 is 38.3 Å². The van der Waals surface area contributed by atoms with Crippen LogP contribution in [0.25, 0.3) is 0 Å². The highest BCUT2D eigenvalue weighted by atomic mass is 127. The van der Waals surface area contributed by atoms with Crippen LogP contribution in [0.1, 0.15) is 125 Å². The molecule has 16 heteroatoms. The molecule has 0 radical (unpaired) electrons. The highest BCUT2D eigenvalue weighted by Crippen LogP contribution is 2.43. The number of nitrogens with two attached hydrogens (primary N) is 1. The zero-order valence-electron chi connectivity index (χ0n) is 35.8. The van der Waals surface area contributed by atoms with Crippen LogP contribution in [0.5, 0.6) is 0 Å². The first-order valence-corrected chi connectivity index (χ1v) is 21.9. The van der Waals surface area contributed by atoms with Crippen LogP contribution in [0, 0.1) is 17.8 Å². The summed E-state index contributed by atoms with van der Waals surface area (Å²) < 4.78 is 5.22. The van der Waals surface area contributed by atoms with E-state index < -0.39 is 36.0 Å². The summed E-state index contributed by atoms with van der Waals surface area (Å²) >= 11 is 2.38. The smallest absolute Gasteiger partial charge is 0.410 e. The van der Waals surface area contributed by atoms with Crippen molar-refractivity contribution in [3.05, 3.63) is 29.8 Å². The highest BCUT2D eigenvalue weighted by molar-refractivity contribution is 14.1. The third-order valence-corrected chi connectivity index (χ3v) is 13.1. The highest BCUT2D eigenvalue weighted by Gasteiger charge is 2.48. The number of anilines is 1. The maximum Gasteiger partial charge on any atom is 0.410 e. The Labute approximate surface area is 358 Å². The summed E-state index contributed by atoms with van der Waals surface area (Å²) in [6, 6.07) is 4.16. The number of carbonyl (C=O) groups is 7. The zero-order valence-corrected chi connectivity index (χ0v) is 37.9. The number of unbranched alkanes of at least 4 members (excludes halogenated alkanes) is 3. The molecule has 1 fully saturated rings. The maximum absolute atomic E-state index is 13.6. The summed E-state index contributed by atoms with van der Waals surface area (Å²) in [5.74, 6) is -1.91. The molecule has 326 valence electrons. The van der Waals surface area contributed by atoms with Gasteiger partial charge in [-0.1, -0.05) is 95.5 Å². The Hall–Kier alpha value is -3.96. The van der Waals surface area contributed by atoms with Crippen molar-refractivity contribution in [2.75, 3.05) is 25.5 Å². The Morgan fingerprint density at radius 3 is 2.19 bits per heavy atom. The van der Waals surface area contributed by atoms with Crippen molar-refractivity contribution in [1.82, 2.24) is 25.8 Å². The van der Waals surface area contributed by atoms with E-state index in [1.807, 2.05) is 20.8 Å². The monoisotopic (exact) mass is 925 g/mol. The lowest BCUT2D eigenvalue weighted by atomic mass is 9.84. The third-order valence-electron chi connectivity index (χ3n) is 11.0. The van der Waals surface area contributed by atoms with Crippen molar-refractivity contribution in [3.8, 4) is 0 Å². The quantitative estimate of drug-likeness (QED) is 0.0338. The van der Waals surface area contributed by atoms with Crippen molar-refractivity contribution in [3.63, 3.8) is 0 Å². The van der Waals surface area contributed by atoms with Crippen LogP contribution in [-0.2, 0) is 35.3 Å². The molecule has 15 nitrogen and oxygen atoms in total. The fraction of sp³-hybridized carbons (Fsp3) is 0.690. The van der Waals surface area contributed by atoms with E-state index in [-0.39, 0.29) is 77.4 Å². The lowest BCUT2D eigenvalue weighted by Crippen LogP contribution is -2.54. The van der Waals surface area contributed by atoms with E-state index in [0.717, 1.165) is 31.2 Å². The molecule has 1 aromatic carbocycles. The number of rotatable bonds is 25. The van der Waals surface area contributed by atoms with E-state index in [9.17, 15) is 33.6 Å².